The van der Waals surface area contributed by atoms with Gasteiger partial charge in [0.25, 0.3) is 23.6 Å². The summed E-state index contributed by atoms with van der Waals surface area (Å²) in [6.45, 7) is -1.02. The van der Waals surface area contributed by atoms with Crippen molar-refractivity contribution in [3.8, 4) is 0 Å². The SMILES string of the molecule is O=C(O)Cn1nnnc1SCC1=C(C(=O)[O-])N2C(=O)C(NC(=O)[C@H](O)c3ccc(C(F)(F)F)cc3)[C@H]2SC1.O=C(O)Cn1nnnc1SCC1=C(C(=O)[O-])N2C(=O)C(NC(=O)[C@H](O)c3ccc(C(F)(F)F)cc3)[C@H]2SC1.[K+].[K+]. The van der Waals surface area contributed by atoms with E-state index in [0.717, 1.165) is 90.5 Å². The number of thioether (sulfide) groups is 4. The van der Waals surface area contributed by atoms with Gasteiger partial charge >= 0.3 is 127 Å². The minimum atomic E-state index is -4.60. The van der Waals surface area contributed by atoms with E-state index in [2.05, 4.69) is 41.7 Å². The van der Waals surface area contributed by atoms with Crippen LogP contribution in [0.25, 0.3) is 0 Å². The molecule has 0 radical (unpaired) electrons. The second-order valence-corrected chi connectivity index (χ2v) is 20.0. The Hall–Kier alpha value is -4.01. The van der Waals surface area contributed by atoms with Crippen molar-refractivity contribution in [1.82, 2.24) is 60.8 Å². The Labute approximate surface area is 534 Å². The molecule has 0 bridgehead atoms. The molecule has 4 amide bonds. The first-order valence-corrected chi connectivity index (χ1v) is 25.1. The topological polar surface area (TPSA) is 381 Å². The van der Waals surface area contributed by atoms with Crippen LogP contribution in [0.3, 0.4) is 0 Å². The van der Waals surface area contributed by atoms with Gasteiger partial charge in [-0.25, -0.2) is 9.36 Å². The number of aliphatic carboxylic acids is 4. The third-order valence-electron chi connectivity index (χ3n) is 11.0. The maximum atomic E-state index is 12.8. The van der Waals surface area contributed by atoms with E-state index in [0.29, 0.717) is 24.3 Å². The van der Waals surface area contributed by atoms with Gasteiger partial charge in [0.2, 0.25) is 10.3 Å². The van der Waals surface area contributed by atoms with Crippen LogP contribution in [0.4, 0.5) is 26.3 Å². The largest absolute Gasteiger partial charge is 1.00 e. The molecule has 2 fully saturated rings. The molecular formula is C40H32F6K2N12O14S4. The van der Waals surface area contributed by atoms with E-state index in [9.17, 15) is 85.1 Å². The predicted molar refractivity (Wildman–Crippen MR) is 239 cm³/mol. The van der Waals surface area contributed by atoms with E-state index >= 15 is 0 Å². The summed E-state index contributed by atoms with van der Waals surface area (Å²) in [5.41, 5.74) is -2.44. The van der Waals surface area contributed by atoms with Crippen LogP contribution in [0.2, 0.25) is 0 Å². The van der Waals surface area contributed by atoms with Gasteiger partial charge in [-0.05, 0) is 67.4 Å². The van der Waals surface area contributed by atoms with Crippen LogP contribution in [-0.4, -0.2) is 164 Å². The number of carbonyl (C=O) groups is 8. The zero-order valence-electron chi connectivity index (χ0n) is 39.6. The fourth-order valence-electron chi connectivity index (χ4n) is 7.40. The number of aliphatic hydroxyl groups excluding tert-OH is 2. The summed E-state index contributed by atoms with van der Waals surface area (Å²) < 4.78 is 78.4. The zero-order valence-corrected chi connectivity index (χ0v) is 49.1. The first-order valence-electron chi connectivity index (χ1n) is 21.1. The molecule has 6 N–H and O–H groups in total. The molecule has 78 heavy (non-hydrogen) atoms. The summed E-state index contributed by atoms with van der Waals surface area (Å²) in [6, 6.07) is 4.18. The van der Waals surface area contributed by atoms with Crippen molar-refractivity contribution in [2.24, 2.45) is 0 Å². The van der Waals surface area contributed by atoms with E-state index < -0.39 is 131 Å². The number of carboxylic acids is 4. The number of benzene rings is 2. The Bertz CT molecular complexity index is 2850. The number of aromatic nitrogens is 8. The third kappa shape index (κ3) is 14.9. The van der Waals surface area contributed by atoms with E-state index in [1.165, 1.54) is 0 Å². The van der Waals surface area contributed by atoms with Gasteiger partial charge in [-0.2, -0.15) is 26.3 Å². The summed E-state index contributed by atoms with van der Waals surface area (Å²) in [5, 5.41) is 86.5. The molecule has 8 rings (SSSR count). The number of fused-ring (bicyclic) bond motifs is 2. The molecule has 4 aromatic rings. The number of tetrazole rings is 2. The van der Waals surface area contributed by atoms with Crippen LogP contribution in [-0.2, 0) is 63.8 Å². The van der Waals surface area contributed by atoms with Crippen molar-refractivity contribution in [2.75, 3.05) is 23.0 Å². The summed E-state index contributed by atoms with van der Waals surface area (Å²) in [5.74, 6) is -9.11. The van der Waals surface area contributed by atoms with Crippen molar-refractivity contribution in [2.45, 2.75) is 70.8 Å². The molecule has 0 aliphatic carbocycles. The van der Waals surface area contributed by atoms with Crippen molar-refractivity contribution in [1.29, 1.82) is 0 Å². The van der Waals surface area contributed by atoms with E-state index in [-0.39, 0.29) is 158 Å². The quantitative estimate of drug-likeness (QED) is 0.0233. The monoisotopic (exact) mass is 1220 g/mol. The van der Waals surface area contributed by atoms with Crippen molar-refractivity contribution in [3.63, 3.8) is 0 Å². The normalized spacial score (nSPS) is 19.5. The first-order chi connectivity index (χ1) is 35.8. The molecule has 404 valence electrons. The van der Waals surface area contributed by atoms with Crippen molar-refractivity contribution >= 4 is 94.6 Å². The third-order valence-corrected chi connectivity index (χ3v) is 15.8. The van der Waals surface area contributed by atoms with Gasteiger partial charge in [0.05, 0.1) is 34.5 Å². The summed E-state index contributed by atoms with van der Waals surface area (Å²) in [4.78, 5) is 98.0. The molecule has 26 nitrogen and oxygen atoms in total. The minimum absolute atomic E-state index is 0. The molecule has 38 heteroatoms. The van der Waals surface area contributed by atoms with Crippen LogP contribution >= 0.6 is 47.0 Å². The number of alkyl halides is 6. The number of amides is 4. The summed E-state index contributed by atoms with van der Waals surface area (Å²) in [6.07, 6.45) is -12.9. The van der Waals surface area contributed by atoms with Crippen LogP contribution in [0, 0.1) is 0 Å². The van der Waals surface area contributed by atoms with E-state index in [1.54, 1.807) is 0 Å². The molecule has 2 aromatic carbocycles. The number of carboxylic acid groups (broad SMARTS) is 4. The molecule has 4 aliphatic heterocycles. The molecular weight excluding hydrogens is 1190 g/mol. The Morgan fingerprint density at radius 3 is 1.26 bits per heavy atom. The second kappa shape index (κ2) is 27.2. The molecule has 2 saturated heterocycles. The van der Waals surface area contributed by atoms with Gasteiger partial charge in [0.15, 0.2) is 12.2 Å². The average molecular weight is 1230 g/mol. The van der Waals surface area contributed by atoms with Gasteiger partial charge in [-0.3, -0.25) is 38.6 Å². The van der Waals surface area contributed by atoms with Gasteiger partial charge in [-0.15, -0.1) is 33.7 Å². The average Bonchev–Trinajstić information content (AvgIpc) is 4.03. The molecule has 2 unspecified atom stereocenters. The number of nitrogens with one attached hydrogen (secondary N) is 2. The number of rotatable bonds is 18. The standard InChI is InChI=1S/2C20H17F3N6O7S2.2K/c2*21-20(22,23)10-3-1-8(2-4-10)14(32)15(33)24-12-16(34)29-13(18(35)36)9(6-37-17(12)29)7-38-19-25-26-27-28(19)5-11(30)31;;/h2*1-4,12,14,17,32H,5-7H2,(H,24,33)(H,30,31)(H,35,36);;/q;;2*+1/p-2/t2*12?,14-,17-;;/m11../s1. The maximum absolute atomic E-state index is 12.8. The number of hydrogen-bond acceptors (Lipinski definition) is 22. The van der Waals surface area contributed by atoms with Crippen molar-refractivity contribution in [3.05, 3.63) is 93.3 Å². The fourth-order valence-corrected chi connectivity index (χ4v) is 12.1. The van der Waals surface area contributed by atoms with Crippen molar-refractivity contribution < 1.29 is 198 Å². The molecule has 6 heterocycles. The zero-order chi connectivity index (χ0) is 55.6. The Morgan fingerprint density at radius 1 is 0.628 bits per heavy atom. The maximum Gasteiger partial charge on any atom is 1.00 e. The smallest absolute Gasteiger partial charge is 0.543 e. The van der Waals surface area contributed by atoms with Gasteiger partial charge in [0, 0.05) is 23.0 Å². The molecule has 6 atom stereocenters. The number of hydrogen-bond donors (Lipinski definition) is 6. The Morgan fingerprint density at radius 2 is 0.962 bits per heavy atom. The number of carbonyl (C=O) groups excluding carboxylic acids is 6. The number of β-lactam (4-membered cyclic amide) rings is 2. The molecule has 0 saturated carbocycles. The van der Waals surface area contributed by atoms with Gasteiger partial charge < -0.3 is 50.9 Å². The molecule has 4 aliphatic rings. The van der Waals surface area contributed by atoms with Crippen LogP contribution in [0.15, 0.2) is 81.4 Å². The second-order valence-electron chi connectivity index (χ2n) is 15.9. The molecule has 2 aromatic heterocycles. The number of aliphatic hydroxyl groups is 2. The molecule has 0 spiro atoms. The first kappa shape index (κ1) is 64.8. The van der Waals surface area contributed by atoms with Crippen LogP contribution in [0.5, 0.6) is 0 Å². The predicted octanol–water partition coefficient (Wildman–Crippen LogP) is -7.98. The summed E-state index contributed by atoms with van der Waals surface area (Å²) >= 11 is 4.17. The number of halogens is 6. The van der Waals surface area contributed by atoms with Crippen LogP contribution < -0.4 is 124 Å². The fraction of sp³-hybridized carbons (Fsp3) is 0.350. The van der Waals surface area contributed by atoms with E-state index in [1.807, 2.05) is 0 Å². The summed E-state index contributed by atoms with van der Waals surface area (Å²) in [7, 11) is 0. The number of nitrogens with zero attached hydrogens (tertiary/aromatic N) is 10. The Balaban J connectivity index is 0.000000280. The minimum Gasteiger partial charge on any atom is -0.543 e. The van der Waals surface area contributed by atoms with E-state index in [4.69, 9.17) is 10.2 Å². The Kier molecular flexibility index (Phi) is 22.6. The van der Waals surface area contributed by atoms with Gasteiger partial charge in [-0.1, -0.05) is 47.8 Å². The van der Waals surface area contributed by atoms with Gasteiger partial charge in [0.1, 0.15) is 35.9 Å². The van der Waals surface area contributed by atoms with Crippen LogP contribution in [0.1, 0.15) is 34.5 Å².